The van der Waals surface area contributed by atoms with Crippen molar-refractivity contribution >= 4 is 34.2 Å². The van der Waals surface area contributed by atoms with Crippen molar-refractivity contribution in [3.63, 3.8) is 0 Å². The quantitative estimate of drug-likeness (QED) is 0.292. The number of aromatic nitrogens is 2. The van der Waals surface area contributed by atoms with Crippen LogP contribution in [0.5, 0.6) is 0 Å². The number of amides is 2. The number of carbonyl (C=O) groups is 2. The lowest BCUT2D eigenvalue weighted by molar-refractivity contribution is -0.117. The zero-order valence-electron chi connectivity index (χ0n) is 19.2. The van der Waals surface area contributed by atoms with Gasteiger partial charge in [0.15, 0.2) is 5.82 Å². The zero-order valence-corrected chi connectivity index (χ0v) is 19.2. The largest absolute Gasteiger partial charge is 0.326 e. The summed E-state index contributed by atoms with van der Waals surface area (Å²) in [6.45, 7) is 1.49. The van der Waals surface area contributed by atoms with Crippen LogP contribution in [0.15, 0.2) is 103 Å². The van der Waals surface area contributed by atoms with Gasteiger partial charge < -0.3 is 10.6 Å². The first kappa shape index (κ1) is 22.1. The second-order valence-corrected chi connectivity index (χ2v) is 8.34. The predicted octanol–water partition coefficient (Wildman–Crippen LogP) is 5.96. The Kier molecular flexibility index (Phi) is 6.09. The molecule has 0 atom stereocenters. The number of aromatic amines is 1. The van der Waals surface area contributed by atoms with E-state index in [4.69, 9.17) is 0 Å². The molecule has 2 amide bonds. The molecule has 4 aromatic carbocycles. The summed E-state index contributed by atoms with van der Waals surface area (Å²) in [5.41, 5.74) is 5.30. The second kappa shape index (κ2) is 9.65. The average molecular weight is 461 g/mol. The van der Waals surface area contributed by atoms with Crippen molar-refractivity contribution in [2.45, 2.75) is 12.8 Å². The zero-order chi connectivity index (χ0) is 24.2. The van der Waals surface area contributed by atoms with Gasteiger partial charge in [0, 0.05) is 18.0 Å². The summed E-state index contributed by atoms with van der Waals surface area (Å²) in [6.07, 6.45) is 0. The van der Waals surface area contributed by atoms with Gasteiger partial charge in [-0.15, -0.1) is 0 Å². The SMILES string of the molecule is CC(=O)Nc1cccc(-c2ccc3c(NC(=O)C(c4ccccc4)c4ccccc4)n[nH]c3c2)c1. The van der Waals surface area contributed by atoms with Crippen LogP contribution in [0.4, 0.5) is 11.5 Å². The third-order valence-corrected chi connectivity index (χ3v) is 5.85. The summed E-state index contributed by atoms with van der Waals surface area (Å²) in [7, 11) is 0. The van der Waals surface area contributed by atoms with Gasteiger partial charge in [0.05, 0.1) is 11.4 Å². The molecular weight excluding hydrogens is 436 g/mol. The fourth-order valence-corrected chi connectivity index (χ4v) is 4.25. The maximum absolute atomic E-state index is 13.5. The van der Waals surface area contributed by atoms with Crippen LogP contribution in [0.3, 0.4) is 0 Å². The molecule has 0 aliphatic carbocycles. The van der Waals surface area contributed by atoms with Gasteiger partial charge in [-0.1, -0.05) is 78.9 Å². The van der Waals surface area contributed by atoms with E-state index in [2.05, 4.69) is 20.8 Å². The number of hydrogen-bond acceptors (Lipinski definition) is 3. The summed E-state index contributed by atoms with van der Waals surface area (Å²) in [6, 6.07) is 33.0. The molecule has 0 fully saturated rings. The summed E-state index contributed by atoms with van der Waals surface area (Å²) >= 11 is 0. The number of H-pyrrole nitrogens is 1. The average Bonchev–Trinajstić information content (AvgIpc) is 3.27. The van der Waals surface area contributed by atoms with Crippen LogP contribution in [0, 0.1) is 0 Å². The monoisotopic (exact) mass is 460 g/mol. The van der Waals surface area contributed by atoms with Gasteiger partial charge in [0.25, 0.3) is 0 Å². The molecule has 1 aromatic heterocycles. The van der Waals surface area contributed by atoms with Crippen LogP contribution < -0.4 is 10.6 Å². The summed E-state index contributed by atoms with van der Waals surface area (Å²) < 4.78 is 0. The van der Waals surface area contributed by atoms with Crippen molar-refractivity contribution in [2.75, 3.05) is 10.6 Å². The Balaban J connectivity index is 1.44. The normalized spacial score (nSPS) is 10.9. The summed E-state index contributed by atoms with van der Waals surface area (Å²) in [5.74, 6) is -0.237. The lowest BCUT2D eigenvalue weighted by Gasteiger charge is -2.17. The minimum absolute atomic E-state index is 0.115. The number of carbonyl (C=O) groups excluding carboxylic acids is 2. The Labute approximate surface area is 203 Å². The topological polar surface area (TPSA) is 86.9 Å². The highest BCUT2D eigenvalue weighted by molar-refractivity contribution is 6.04. The van der Waals surface area contributed by atoms with E-state index in [1.807, 2.05) is 103 Å². The smallest absolute Gasteiger partial charge is 0.237 e. The molecule has 0 unspecified atom stereocenters. The van der Waals surface area contributed by atoms with Crippen molar-refractivity contribution in [1.29, 1.82) is 0 Å². The van der Waals surface area contributed by atoms with Crippen molar-refractivity contribution in [2.24, 2.45) is 0 Å². The lowest BCUT2D eigenvalue weighted by Crippen LogP contribution is -2.22. The van der Waals surface area contributed by atoms with E-state index in [0.717, 1.165) is 38.8 Å². The van der Waals surface area contributed by atoms with Crippen LogP contribution in [0.25, 0.3) is 22.0 Å². The maximum atomic E-state index is 13.5. The third-order valence-electron chi connectivity index (χ3n) is 5.85. The van der Waals surface area contributed by atoms with Gasteiger partial charge in [-0.2, -0.15) is 5.10 Å². The van der Waals surface area contributed by atoms with Crippen LogP contribution >= 0.6 is 0 Å². The van der Waals surface area contributed by atoms with Crippen LogP contribution in [-0.2, 0) is 9.59 Å². The molecule has 0 saturated heterocycles. The number of nitrogens with one attached hydrogen (secondary N) is 3. The third kappa shape index (κ3) is 4.82. The summed E-state index contributed by atoms with van der Waals surface area (Å²) in [5, 5.41) is 14.1. The fourth-order valence-electron chi connectivity index (χ4n) is 4.25. The number of nitrogens with zero attached hydrogens (tertiary/aromatic N) is 1. The van der Waals surface area contributed by atoms with E-state index < -0.39 is 5.92 Å². The Hall–Kier alpha value is -4.71. The molecule has 172 valence electrons. The predicted molar refractivity (Wildman–Crippen MR) is 139 cm³/mol. The molecule has 6 nitrogen and oxygen atoms in total. The molecule has 0 saturated carbocycles. The van der Waals surface area contributed by atoms with Gasteiger partial charge in [0.2, 0.25) is 11.8 Å². The van der Waals surface area contributed by atoms with Gasteiger partial charge in [-0.05, 0) is 46.5 Å². The molecule has 5 aromatic rings. The molecule has 0 aliphatic rings. The highest BCUT2D eigenvalue weighted by Gasteiger charge is 2.24. The molecule has 0 spiro atoms. The molecular formula is C29H24N4O2. The first-order valence-electron chi connectivity index (χ1n) is 11.4. The highest BCUT2D eigenvalue weighted by atomic mass is 16.2. The molecule has 35 heavy (non-hydrogen) atoms. The van der Waals surface area contributed by atoms with Crippen molar-refractivity contribution in [3.8, 4) is 11.1 Å². The fraction of sp³-hybridized carbons (Fsp3) is 0.0690. The molecule has 0 bridgehead atoms. The first-order valence-corrected chi connectivity index (χ1v) is 11.4. The Morgan fingerprint density at radius 1 is 0.743 bits per heavy atom. The molecule has 5 rings (SSSR count). The van der Waals surface area contributed by atoms with Gasteiger partial charge in [-0.25, -0.2) is 0 Å². The minimum atomic E-state index is -0.458. The van der Waals surface area contributed by atoms with Gasteiger partial charge >= 0.3 is 0 Å². The van der Waals surface area contributed by atoms with Crippen molar-refractivity contribution in [1.82, 2.24) is 10.2 Å². The van der Waals surface area contributed by atoms with Crippen molar-refractivity contribution in [3.05, 3.63) is 114 Å². The van der Waals surface area contributed by atoms with E-state index in [1.165, 1.54) is 6.92 Å². The Bertz CT molecular complexity index is 1450. The number of hydrogen-bond donors (Lipinski definition) is 3. The highest BCUT2D eigenvalue weighted by Crippen LogP contribution is 2.30. The number of fused-ring (bicyclic) bond motifs is 1. The maximum Gasteiger partial charge on any atom is 0.237 e. The van der Waals surface area contributed by atoms with E-state index >= 15 is 0 Å². The van der Waals surface area contributed by atoms with Crippen LogP contribution in [0.1, 0.15) is 24.0 Å². The Morgan fingerprint density at radius 3 is 2.06 bits per heavy atom. The first-order chi connectivity index (χ1) is 17.1. The second-order valence-electron chi connectivity index (χ2n) is 8.34. The van der Waals surface area contributed by atoms with E-state index in [9.17, 15) is 9.59 Å². The molecule has 0 aliphatic heterocycles. The van der Waals surface area contributed by atoms with E-state index in [1.54, 1.807) is 0 Å². The standard InChI is InChI=1S/C29H24N4O2/c1-19(34)30-24-14-8-13-22(17-24)23-15-16-25-26(18-23)32-33-28(25)31-29(35)27(20-9-4-2-5-10-20)21-11-6-3-7-12-21/h2-18,27H,1H3,(H,30,34)(H2,31,32,33,35). The lowest BCUT2D eigenvalue weighted by atomic mass is 9.90. The van der Waals surface area contributed by atoms with E-state index in [-0.39, 0.29) is 11.8 Å². The molecule has 3 N–H and O–H groups in total. The Morgan fingerprint density at radius 2 is 1.40 bits per heavy atom. The number of anilines is 2. The molecule has 6 heteroatoms. The van der Waals surface area contributed by atoms with Crippen LogP contribution in [-0.4, -0.2) is 22.0 Å². The number of benzene rings is 4. The van der Waals surface area contributed by atoms with Gasteiger partial charge in [-0.3, -0.25) is 14.7 Å². The molecule has 0 radical (unpaired) electrons. The molecule has 1 heterocycles. The van der Waals surface area contributed by atoms with Crippen LogP contribution in [0.2, 0.25) is 0 Å². The van der Waals surface area contributed by atoms with Gasteiger partial charge in [0.1, 0.15) is 0 Å². The van der Waals surface area contributed by atoms with Crippen molar-refractivity contribution < 1.29 is 9.59 Å². The minimum Gasteiger partial charge on any atom is -0.326 e. The summed E-state index contributed by atoms with van der Waals surface area (Å²) in [4.78, 5) is 24.9. The number of rotatable bonds is 6. The van der Waals surface area contributed by atoms with E-state index in [0.29, 0.717) is 5.82 Å².